The molecular formula is C24H14BrN5O2S. The monoisotopic (exact) mass is 515 g/mol. The summed E-state index contributed by atoms with van der Waals surface area (Å²) in [5.41, 5.74) is 7.56. The van der Waals surface area contributed by atoms with Gasteiger partial charge in [-0.05, 0) is 40.8 Å². The molecule has 0 radical (unpaired) electrons. The van der Waals surface area contributed by atoms with Gasteiger partial charge < -0.3 is 5.73 Å². The molecule has 160 valence electrons. The molecule has 3 heterocycles. The minimum atomic E-state index is -1.73. The van der Waals surface area contributed by atoms with Crippen LogP contribution in [0.1, 0.15) is 43.4 Å². The summed E-state index contributed by atoms with van der Waals surface area (Å²) >= 11 is 4.72. The third-order valence-corrected chi connectivity index (χ3v) is 7.34. The van der Waals surface area contributed by atoms with Crippen LogP contribution in [-0.2, 0) is 6.54 Å². The fourth-order valence-electron chi connectivity index (χ4n) is 4.24. The molecule has 1 atom stereocenters. The summed E-state index contributed by atoms with van der Waals surface area (Å²) in [5.74, 6) is -0.768. The van der Waals surface area contributed by atoms with Gasteiger partial charge in [0.15, 0.2) is 0 Å². The highest BCUT2D eigenvalue weighted by Crippen LogP contribution is 2.49. The van der Waals surface area contributed by atoms with Crippen molar-refractivity contribution in [3.05, 3.63) is 86.2 Å². The summed E-state index contributed by atoms with van der Waals surface area (Å²) in [7, 11) is 0. The van der Waals surface area contributed by atoms with Gasteiger partial charge in [0.25, 0.3) is 11.8 Å². The van der Waals surface area contributed by atoms with Crippen LogP contribution in [-0.4, -0.2) is 22.4 Å². The molecule has 0 aliphatic carbocycles. The van der Waals surface area contributed by atoms with Crippen LogP contribution in [0.4, 0.5) is 5.00 Å². The van der Waals surface area contributed by atoms with Crippen molar-refractivity contribution in [2.24, 2.45) is 16.1 Å². The Morgan fingerprint density at radius 2 is 1.76 bits per heavy atom. The largest absolute Gasteiger partial charge is 0.321 e. The molecule has 3 aromatic rings. The molecular weight excluding hydrogens is 502 g/mol. The van der Waals surface area contributed by atoms with Crippen molar-refractivity contribution in [2.75, 3.05) is 0 Å². The van der Waals surface area contributed by atoms with Crippen LogP contribution in [0.3, 0.4) is 0 Å². The number of rotatable bonds is 3. The molecule has 2 aromatic carbocycles. The Bertz CT molecular complexity index is 1410. The van der Waals surface area contributed by atoms with E-state index in [0.29, 0.717) is 32.8 Å². The van der Waals surface area contributed by atoms with Crippen LogP contribution in [0.25, 0.3) is 0 Å². The summed E-state index contributed by atoms with van der Waals surface area (Å²) in [4.78, 5) is 31.5. The van der Waals surface area contributed by atoms with Crippen LogP contribution < -0.4 is 5.73 Å². The molecule has 0 fully saturated rings. The summed E-state index contributed by atoms with van der Waals surface area (Å²) in [6.45, 7) is -0.0133. The Hall–Kier alpha value is -3.63. The highest BCUT2D eigenvalue weighted by atomic mass is 79.9. The quantitative estimate of drug-likeness (QED) is 0.515. The lowest BCUT2D eigenvalue weighted by molar-refractivity contribution is 0.0642. The van der Waals surface area contributed by atoms with Crippen LogP contribution in [0.2, 0.25) is 0 Å². The summed E-state index contributed by atoms with van der Waals surface area (Å²) in [5, 5.41) is 22.5. The first-order valence-corrected chi connectivity index (χ1v) is 11.6. The Morgan fingerprint density at radius 3 is 2.36 bits per heavy atom. The molecule has 5 rings (SSSR count). The van der Waals surface area contributed by atoms with Crippen LogP contribution >= 0.6 is 27.3 Å². The average molecular weight is 516 g/mol. The number of nitrogens with two attached hydrogens (primary N) is 1. The number of aliphatic imine (C=N–C) groups is 1. The number of nitrogens with zero attached hydrogens (tertiary/aromatic N) is 4. The van der Waals surface area contributed by atoms with E-state index < -0.39 is 11.5 Å². The highest BCUT2D eigenvalue weighted by Gasteiger charge is 2.49. The number of nitriles is 2. The van der Waals surface area contributed by atoms with E-state index in [1.165, 1.54) is 11.3 Å². The van der Waals surface area contributed by atoms with Gasteiger partial charge in [-0.15, -0.1) is 11.3 Å². The van der Waals surface area contributed by atoms with Crippen molar-refractivity contribution in [3.63, 3.8) is 0 Å². The number of imide groups is 1. The maximum absolute atomic E-state index is 12.8. The van der Waals surface area contributed by atoms with E-state index in [1.54, 1.807) is 47.8 Å². The Kier molecular flexibility index (Phi) is 4.98. The molecule has 1 unspecified atom stereocenters. The molecule has 2 amide bonds. The zero-order valence-electron chi connectivity index (χ0n) is 16.9. The van der Waals surface area contributed by atoms with E-state index in [-0.39, 0.29) is 24.1 Å². The van der Waals surface area contributed by atoms with Gasteiger partial charge >= 0.3 is 0 Å². The number of carbonyl (C=O) groups excluding carboxylic acids is 2. The molecule has 0 saturated carbocycles. The van der Waals surface area contributed by atoms with E-state index in [1.807, 2.05) is 6.07 Å². The second-order valence-electron chi connectivity index (χ2n) is 7.70. The summed E-state index contributed by atoms with van der Waals surface area (Å²) in [6.07, 6.45) is 0. The number of fused-ring (bicyclic) bond motifs is 2. The number of carbonyl (C=O) groups is 2. The first kappa shape index (κ1) is 21.2. The van der Waals surface area contributed by atoms with E-state index >= 15 is 0 Å². The van der Waals surface area contributed by atoms with Crippen molar-refractivity contribution in [3.8, 4) is 12.1 Å². The number of amides is 2. The third-order valence-electron chi connectivity index (χ3n) is 5.91. The molecule has 7 nitrogen and oxygen atoms in total. The van der Waals surface area contributed by atoms with E-state index in [2.05, 4.69) is 33.1 Å². The minimum Gasteiger partial charge on any atom is -0.321 e. The lowest BCUT2D eigenvalue weighted by Crippen LogP contribution is -2.42. The van der Waals surface area contributed by atoms with Gasteiger partial charge in [0, 0.05) is 10.0 Å². The molecule has 0 bridgehead atoms. The fraction of sp³-hybridized carbons (Fsp3) is 0.125. The van der Waals surface area contributed by atoms with Crippen LogP contribution in [0, 0.1) is 28.1 Å². The van der Waals surface area contributed by atoms with Gasteiger partial charge in [0.05, 0.1) is 41.6 Å². The average Bonchev–Trinajstić information content (AvgIpc) is 3.34. The van der Waals surface area contributed by atoms with Crippen molar-refractivity contribution < 1.29 is 9.59 Å². The van der Waals surface area contributed by atoms with E-state index in [9.17, 15) is 20.1 Å². The highest BCUT2D eigenvalue weighted by molar-refractivity contribution is 9.10. The van der Waals surface area contributed by atoms with Gasteiger partial charge in [-0.2, -0.15) is 10.5 Å². The molecule has 9 heteroatoms. The number of hydrogen-bond donors (Lipinski definition) is 1. The van der Waals surface area contributed by atoms with Gasteiger partial charge in [-0.25, -0.2) is 4.99 Å². The topological polar surface area (TPSA) is 123 Å². The van der Waals surface area contributed by atoms with E-state index in [0.717, 1.165) is 9.37 Å². The number of benzene rings is 2. The minimum absolute atomic E-state index is 0.0133. The first-order chi connectivity index (χ1) is 15.9. The van der Waals surface area contributed by atoms with E-state index in [4.69, 9.17) is 5.73 Å². The summed E-state index contributed by atoms with van der Waals surface area (Å²) in [6, 6.07) is 17.0. The first-order valence-electron chi connectivity index (χ1n) is 9.90. The van der Waals surface area contributed by atoms with Crippen molar-refractivity contribution in [2.45, 2.75) is 12.6 Å². The molecule has 2 aliphatic rings. The predicted octanol–water partition coefficient (Wildman–Crippen LogP) is 4.47. The van der Waals surface area contributed by atoms with Crippen molar-refractivity contribution in [1.29, 1.82) is 10.5 Å². The van der Waals surface area contributed by atoms with Gasteiger partial charge in [-0.1, -0.05) is 40.2 Å². The lowest BCUT2D eigenvalue weighted by atomic mass is 9.71. The number of halogens is 1. The Labute approximate surface area is 201 Å². The predicted molar refractivity (Wildman–Crippen MR) is 126 cm³/mol. The molecule has 0 spiro atoms. The maximum atomic E-state index is 12.8. The smallest absolute Gasteiger partial charge is 0.261 e. The summed E-state index contributed by atoms with van der Waals surface area (Å²) < 4.78 is 0.782. The van der Waals surface area contributed by atoms with Gasteiger partial charge in [0.1, 0.15) is 5.00 Å². The zero-order valence-corrected chi connectivity index (χ0v) is 19.4. The van der Waals surface area contributed by atoms with Crippen molar-refractivity contribution in [1.82, 2.24) is 4.90 Å². The zero-order chi connectivity index (χ0) is 23.3. The molecule has 33 heavy (non-hydrogen) atoms. The van der Waals surface area contributed by atoms with Crippen LogP contribution in [0.5, 0.6) is 0 Å². The second-order valence-corrected chi connectivity index (χ2v) is 9.48. The standard InChI is InChI=1S/C24H14BrN5O2S/c25-15-5-3-4-13(8-15)20-24(11-26,12-27)19(28)18-14(10-33-21(18)29-20)9-30-22(31)16-6-1-2-7-17(16)23(30)32/h1-8,10,19H,9,28H2. The number of hydrogen-bond acceptors (Lipinski definition) is 7. The second kappa shape index (κ2) is 7.75. The Balaban J connectivity index is 1.60. The van der Waals surface area contributed by atoms with Crippen LogP contribution in [0.15, 0.2) is 63.4 Å². The third kappa shape index (κ3) is 3.05. The number of thiophene rings is 1. The lowest BCUT2D eigenvalue weighted by Gasteiger charge is -2.32. The normalized spacial score (nSPS) is 18.2. The molecule has 2 aliphatic heterocycles. The van der Waals surface area contributed by atoms with Crippen molar-refractivity contribution >= 4 is 49.8 Å². The Morgan fingerprint density at radius 1 is 1.09 bits per heavy atom. The fourth-order valence-corrected chi connectivity index (χ4v) is 5.62. The van der Waals surface area contributed by atoms with Gasteiger partial charge in [0.2, 0.25) is 5.41 Å². The molecule has 2 N–H and O–H groups in total. The van der Waals surface area contributed by atoms with Gasteiger partial charge in [-0.3, -0.25) is 14.5 Å². The SMILES string of the molecule is N#CC1(C#N)C(c2cccc(Br)c2)=Nc2scc(CN3C(=O)c4ccccc4C3=O)c2C1N. The molecule has 0 saturated heterocycles. The maximum Gasteiger partial charge on any atom is 0.261 e. The molecule has 1 aromatic heterocycles.